The van der Waals surface area contributed by atoms with Crippen LogP contribution in [-0.4, -0.2) is 27.2 Å². The molecule has 0 amide bonds. The summed E-state index contributed by atoms with van der Waals surface area (Å²) in [6, 6.07) is 0. The topological polar surface area (TPSA) is 70.0 Å². The molecule has 2 rings (SSSR count). The number of esters is 1. The number of unbranched alkanes of at least 4 members (excludes halogenated alkanes) is 2. The molecule has 0 radical (unpaired) electrons. The van der Waals surface area contributed by atoms with E-state index >= 15 is 0 Å². The third-order valence-corrected chi connectivity index (χ3v) is 4.12. The lowest BCUT2D eigenvalue weighted by atomic mass is 10.3. The van der Waals surface area contributed by atoms with Crippen LogP contribution in [0.15, 0.2) is 17.4 Å². The molecule has 0 saturated carbocycles. The standard InChI is InChI=1S/C17H27N4O3/c1-4-6-9-19-12-18-16-15(17(19)23)20(10-7-5-2)13-21(16)11-8-14(22)24-3/h12-13H,4-11H2,1-3H3/q+1. The van der Waals surface area contributed by atoms with Gasteiger partial charge in [0.15, 0.2) is 12.7 Å². The summed E-state index contributed by atoms with van der Waals surface area (Å²) in [6.45, 7) is 6.12. The number of imidazole rings is 1. The Morgan fingerprint density at radius 1 is 1.21 bits per heavy atom. The van der Waals surface area contributed by atoms with Crippen molar-refractivity contribution in [2.24, 2.45) is 0 Å². The predicted molar refractivity (Wildman–Crippen MR) is 90.6 cm³/mol. The van der Waals surface area contributed by atoms with Crippen molar-refractivity contribution >= 4 is 17.1 Å². The molecule has 0 aliphatic rings. The van der Waals surface area contributed by atoms with Crippen LogP contribution in [0.3, 0.4) is 0 Å². The minimum Gasteiger partial charge on any atom is -0.469 e. The average Bonchev–Trinajstić information content (AvgIpc) is 2.95. The SMILES string of the molecule is CCCCn1cnc2c(c1=O)n(CCCC)c[n+]2CCC(=O)OC. The van der Waals surface area contributed by atoms with Crippen molar-refractivity contribution in [2.75, 3.05) is 7.11 Å². The Morgan fingerprint density at radius 2 is 1.88 bits per heavy atom. The maximum atomic E-state index is 12.8. The van der Waals surface area contributed by atoms with E-state index in [0.717, 1.165) is 32.2 Å². The summed E-state index contributed by atoms with van der Waals surface area (Å²) >= 11 is 0. The number of hydrogen-bond donors (Lipinski definition) is 0. The van der Waals surface area contributed by atoms with Gasteiger partial charge in [0.1, 0.15) is 0 Å². The van der Waals surface area contributed by atoms with Gasteiger partial charge >= 0.3 is 11.6 Å². The van der Waals surface area contributed by atoms with Crippen molar-refractivity contribution in [3.8, 4) is 0 Å². The summed E-state index contributed by atoms with van der Waals surface area (Å²) in [6.07, 6.45) is 7.78. The van der Waals surface area contributed by atoms with Crippen LogP contribution >= 0.6 is 0 Å². The van der Waals surface area contributed by atoms with Crippen LogP contribution in [0.25, 0.3) is 11.2 Å². The van der Waals surface area contributed by atoms with Gasteiger partial charge in [-0.3, -0.25) is 18.7 Å². The molecule has 2 aromatic heterocycles. The lowest BCUT2D eigenvalue weighted by molar-refractivity contribution is -0.673. The van der Waals surface area contributed by atoms with Crippen molar-refractivity contribution in [2.45, 2.75) is 65.6 Å². The summed E-state index contributed by atoms with van der Waals surface area (Å²) < 4.78 is 10.2. The van der Waals surface area contributed by atoms with Crippen molar-refractivity contribution in [1.82, 2.24) is 14.1 Å². The smallest absolute Gasteiger partial charge is 0.309 e. The van der Waals surface area contributed by atoms with E-state index in [4.69, 9.17) is 4.74 Å². The van der Waals surface area contributed by atoms with Gasteiger partial charge in [-0.25, -0.2) is 4.57 Å². The molecule has 132 valence electrons. The maximum absolute atomic E-state index is 12.8. The van der Waals surface area contributed by atoms with Gasteiger partial charge in [-0.05, 0) is 12.8 Å². The van der Waals surface area contributed by atoms with E-state index in [1.165, 1.54) is 7.11 Å². The Kier molecular flexibility index (Phi) is 6.52. The van der Waals surface area contributed by atoms with Crippen LogP contribution in [0.4, 0.5) is 0 Å². The molecule has 0 aliphatic heterocycles. The van der Waals surface area contributed by atoms with E-state index in [0.29, 0.717) is 24.3 Å². The van der Waals surface area contributed by atoms with Gasteiger partial charge in [0.2, 0.25) is 5.52 Å². The minimum absolute atomic E-state index is 0.0126. The number of methoxy groups -OCH3 is 1. The highest BCUT2D eigenvalue weighted by molar-refractivity contribution is 5.69. The molecule has 0 aromatic carbocycles. The average molecular weight is 335 g/mol. The highest BCUT2D eigenvalue weighted by Crippen LogP contribution is 2.07. The molecule has 7 heteroatoms. The highest BCUT2D eigenvalue weighted by Gasteiger charge is 2.21. The Labute approximate surface area is 141 Å². The van der Waals surface area contributed by atoms with E-state index in [9.17, 15) is 9.59 Å². The number of fused-ring (bicyclic) bond motifs is 1. The van der Waals surface area contributed by atoms with Crippen LogP contribution in [0.5, 0.6) is 0 Å². The molecule has 2 aromatic rings. The first-order valence-corrected chi connectivity index (χ1v) is 8.66. The molecule has 0 saturated heterocycles. The first kappa shape index (κ1) is 18.2. The Morgan fingerprint density at radius 3 is 2.50 bits per heavy atom. The van der Waals surface area contributed by atoms with Crippen molar-refractivity contribution in [3.63, 3.8) is 0 Å². The molecule has 7 nitrogen and oxygen atoms in total. The van der Waals surface area contributed by atoms with Crippen LogP contribution in [0, 0.1) is 0 Å². The number of carbonyl (C=O) groups excluding carboxylic acids is 1. The van der Waals surface area contributed by atoms with Gasteiger partial charge in [-0.2, -0.15) is 0 Å². The molecule has 0 fully saturated rings. The molecule has 0 bridgehead atoms. The minimum atomic E-state index is -0.270. The lowest BCUT2D eigenvalue weighted by Crippen LogP contribution is -2.35. The fraction of sp³-hybridized carbons (Fsp3) is 0.647. The first-order chi connectivity index (χ1) is 11.6. The molecular weight excluding hydrogens is 308 g/mol. The lowest BCUT2D eigenvalue weighted by Gasteiger charge is -2.02. The Balaban J connectivity index is 2.43. The summed E-state index contributed by atoms with van der Waals surface area (Å²) in [4.78, 5) is 28.7. The van der Waals surface area contributed by atoms with Gasteiger partial charge in [0, 0.05) is 6.54 Å². The van der Waals surface area contributed by atoms with E-state index in [1.54, 1.807) is 10.9 Å². The summed E-state index contributed by atoms with van der Waals surface area (Å²) in [7, 11) is 1.38. The third-order valence-electron chi connectivity index (χ3n) is 4.12. The quantitative estimate of drug-likeness (QED) is 0.516. The summed E-state index contributed by atoms with van der Waals surface area (Å²) in [5, 5.41) is 0. The van der Waals surface area contributed by atoms with E-state index in [-0.39, 0.29) is 17.9 Å². The monoisotopic (exact) mass is 335 g/mol. The number of rotatable bonds is 9. The number of ether oxygens (including phenoxy) is 1. The van der Waals surface area contributed by atoms with Crippen molar-refractivity contribution in [3.05, 3.63) is 23.0 Å². The maximum Gasteiger partial charge on any atom is 0.309 e. The van der Waals surface area contributed by atoms with E-state index < -0.39 is 0 Å². The van der Waals surface area contributed by atoms with Crippen LogP contribution in [0.1, 0.15) is 46.0 Å². The van der Waals surface area contributed by atoms with Crippen LogP contribution < -0.4 is 10.1 Å². The fourth-order valence-corrected chi connectivity index (χ4v) is 2.67. The number of hydrogen-bond acceptors (Lipinski definition) is 4. The third kappa shape index (κ3) is 4.01. The van der Waals surface area contributed by atoms with Crippen LogP contribution in [-0.2, 0) is 29.2 Å². The normalized spacial score (nSPS) is 11.1. The Bertz CT molecular complexity index is 748. The zero-order chi connectivity index (χ0) is 17.5. The largest absolute Gasteiger partial charge is 0.469 e. The Hall–Kier alpha value is -2.18. The molecule has 0 unspecified atom stereocenters. The van der Waals surface area contributed by atoms with Crippen LogP contribution in [0.2, 0.25) is 0 Å². The zero-order valence-electron chi connectivity index (χ0n) is 14.8. The first-order valence-electron chi connectivity index (χ1n) is 8.66. The molecule has 0 aliphatic carbocycles. The number of aryl methyl sites for hydroxylation is 3. The second kappa shape index (κ2) is 8.61. The summed E-state index contributed by atoms with van der Waals surface area (Å²) in [5.74, 6) is -0.270. The molecular formula is C17H27N4O3+. The molecule has 2 heterocycles. The predicted octanol–water partition coefficient (Wildman–Crippen LogP) is 1.65. The molecule has 0 atom stereocenters. The number of aromatic nitrogens is 4. The van der Waals surface area contributed by atoms with Gasteiger partial charge in [-0.15, -0.1) is 0 Å². The van der Waals surface area contributed by atoms with Gasteiger partial charge in [0.25, 0.3) is 5.56 Å². The van der Waals surface area contributed by atoms with Crippen molar-refractivity contribution in [1.29, 1.82) is 0 Å². The van der Waals surface area contributed by atoms with Gasteiger partial charge in [-0.1, -0.05) is 31.7 Å². The van der Waals surface area contributed by atoms with Gasteiger partial charge in [0.05, 0.1) is 26.6 Å². The molecule has 24 heavy (non-hydrogen) atoms. The number of carbonyl (C=O) groups is 1. The summed E-state index contributed by atoms with van der Waals surface area (Å²) in [5.41, 5.74) is 1.24. The molecule has 0 spiro atoms. The van der Waals surface area contributed by atoms with E-state index in [2.05, 4.69) is 18.8 Å². The second-order valence-corrected chi connectivity index (χ2v) is 5.95. The fourth-order valence-electron chi connectivity index (χ4n) is 2.67. The van der Waals surface area contributed by atoms with E-state index in [1.807, 2.05) is 15.5 Å². The van der Waals surface area contributed by atoms with Crippen molar-refractivity contribution < 1.29 is 14.1 Å². The van der Waals surface area contributed by atoms with Gasteiger partial charge < -0.3 is 4.74 Å². The zero-order valence-corrected chi connectivity index (χ0v) is 14.8. The second-order valence-electron chi connectivity index (χ2n) is 5.95. The highest BCUT2D eigenvalue weighted by atomic mass is 16.5. The molecule has 0 N–H and O–H groups in total. The number of nitrogens with zero attached hydrogens (tertiary/aromatic N) is 4.